The van der Waals surface area contributed by atoms with E-state index in [4.69, 9.17) is 4.74 Å². The van der Waals surface area contributed by atoms with E-state index in [1.165, 1.54) is 4.68 Å². The number of hydrogen-bond acceptors (Lipinski definition) is 5. The molecule has 1 aromatic heterocycles. The molecule has 0 saturated carbocycles. The van der Waals surface area contributed by atoms with Gasteiger partial charge in [-0.15, -0.1) is 0 Å². The van der Waals surface area contributed by atoms with E-state index in [0.717, 1.165) is 5.57 Å². The largest absolute Gasteiger partial charge is 0.461 e. The number of nitrogens with zero attached hydrogens (tertiary/aromatic N) is 3. The van der Waals surface area contributed by atoms with Gasteiger partial charge in [0.1, 0.15) is 5.69 Å². The van der Waals surface area contributed by atoms with Crippen molar-refractivity contribution in [3.63, 3.8) is 0 Å². The van der Waals surface area contributed by atoms with E-state index in [0.29, 0.717) is 17.7 Å². The van der Waals surface area contributed by atoms with Crippen molar-refractivity contribution in [2.45, 2.75) is 32.6 Å². The fraction of sp³-hybridized carbons (Fsp3) is 0.562. The lowest BCUT2D eigenvalue weighted by Crippen LogP contribution is -2.32. The number of aryl methyl sites for hydroxylation is 1. The lowest BCUT2D eigenvalue weighted by Gasteiger charge is -2.31. The van der Waals surface area contributed by atoms with Crippen molar-refractivity contribution in [3.05, 3.63) is 28.7 Å². The molecule has 1 aromatic rings. The monoisotopic (exact) mass is 305 g/mol. The highest BCUT2D eigenvalue weighted by Gasteiger charge is 2.42. The molecule has 22 heavy (non-hydrogen) atoms. The molecule has 0 fully saturated rings. The number of carbonyl (C=O) groups is 2. The van der Waals surface area contributed by atoms with Crippen LogP contribution >= 0.6 is 0 Å². The summed E-state index contributed by atoms with van der Waals surface area (Å²) in [5, 5.41) is 4.25. The zero-order valence-electron chi connectivity index (χ0n) is 14.1. The summed E-state index contributed by atoms with van der Waals surface area (Å²) in [4.78, 5) is 26.8. The number of hydrogen-bond donors (Lipinski definition) is 0. The summed E-state index contributed by atoms with van der Waals surface area (Å²) in [6.07, 6.45) is 2.40. The van der Waals surface area contributed by atoms with Gasteiger partial charge in [0.2, 0.25) is 5.78 Å². The molecule has 1 aliphatic rings. The third kappa shape index (κ3) is 2.65. The van der Waals surface area contributed by atoms with Gasteiger partial charge < -0.3 is 9.64 Å². The minimum Gasteiger partial charge on any atom is -0.461 e. The van der Waals surface area contributed by atoms with Crippen LogP contribution in [0.5, 0.6) is 0 Å². The van der Waals surface area contributed by atoms with Crippen LogP contribution in [0.3, 0.4) is 0 Å². The Kier molecular flexibility index (Phi) is 4.13. The van der Waals surface area contributed by atoms with Crippen LogP contribution in [0, 0.1) is 0 Å². The molecule has 0 aromatic carbocycles. The molecule has 0 amide bonds. The number of carbonyl (C=O) groups excluding carboxylic acids is 2. The maximum absolute atomic E-state index is 12.7. The molecule has 2 rings (SSSR count). The highest BCUT2D eigenvalue weighted by atomic mass is 16.5. The molecule has 0 aliphatic heterocycles. The van der Waals surface area contributed by atoms with Gasteiger partial charge in [0.25, 0.3) is 0 Å². The highest BCUT2D eigenvalue weighted by molar-refractivity contribution is 6.11. The van der Waals surface area contributed by atoms with Crippen LogP contribution in [0.4, 0.5) is 0 Å². The number of allylic oxidation sites excluding steroid dienone is 1. The minimum atomic E-state index is -0.472. The molecule has 120 valence electrons. The highest BCUT2D eigenvalue weighted by Crippen LogP contribution is 2.41. The summed E-state index contributed by atoms with van der Waals surface area (Å²) >= 11 is 0. The number of esters is 1. The lowest BCUT2D eigenvalue weighted by molar-refractivity contribution is 0.0515. The first kappa shape index (κ1) is 16.3. The van der Waals surface area contributed by atoms with Crippen LogP contribution in [-0.4, -0.2) is 47.1 Å². The molecule has 6 heteroatoms. The molecule has 0 N–H and O–H groups in total. The summed E-state index contributed by atoms with van der Waals surface area (Å²) < 4.78 is 6.57. The Balaban J connectivity index is 2.63. The van der Waals surface area contributed by atoms with Gasteiger partial charge in [-0.2, -0.15) is 5.10 Å². The maximum Gasteiger partial charge on any atom is 0.359 e. The second-order valence-corrected chi connectivity index (χ2v) is 6.42. The van der Waals surface area contributed by atoms with Gasteiger partial charge in [-0.05, 0) is 18.8 Å². The van der Waals surface area contributed by atoms with Gasteiger partial charge in [-0.1, -0.05) is 13.8 Å². The van der Waals surface area contributed by atoms with E-state index in [1.54, 1.807) is 14.0 Å². The second kappa shape index (κ2) is 5.59. The van der Waals surface area contributed by atoms with Crippen molar-refractivity contribution in [1.29, 1.82) is 0 Å². The summed E-state index contributed by atoms with van der Waals surface area (Å²) in [5.74, 6) is -0.547. The quantitative estimate of drug-likeness (QED) is 0.630. The van der Waals surface area contributed by atoms with Crippen LogP contribution in [-0.2, 0) is 17.2 Å². The minimum absolute atomic E-state index is 0.0754. The molecule has 0 bridgehead atoms. The number of ether oxygens (including phenoxy) is 1. The number of aromatic nitrogens is 2. The van der Waals surface area contributed by atoms with Crippen molar-refractivity contribution in [2.75, 3.05) is 20.7 Å². The van der Waals surface area contributed by atoms with Crippen LogP contribution in [0.1, 0.15) is 53.7 Å². The summed E-state index contributed by atoms with van der Waals surface area (Å²) in [6.45, 7) is 6.07. The average Bonchev–Trinajstić information content (AvgIpc) is 2.74. The third-order valence-electron chi connectivity index (χ3n) is 3.75. The Bertz CT molecular complexity index is 654. The molecule has 0 saturated heterocycles. The summed E-state index contributed by atoms with van der Waals surface area (Å²) in [7, 11) is 5.46. The predicted molar refractivity (Wildman–Crippen MR) is 82.9 cm³/mol. The first-order valence-corrected chi connectivity index (χ1v) is 7.35. The van der Waals surface area contributed by atoms with Crippen LogP contribution < -0.4 is 0 Å². The van der Waals surface area contributed by atoms with Gasteiger partial charge in [-0.3, -0.25) is 9.48 Å². The van der Waals surface area contributed by atoms with Gasteiger partial charge in [0, 0.05) is 38.5 Å². The fourth-order valence-corrected chi connectivity index (χ4v) is 2.98. The van der Waals surface area contributed by atoms with Crippen LogP contribution in [0.25, 0.3) is 0 Å². The zero-order chi connectivity index (χ0) is 16.7. The predicted octanol–water partition coefficient (Wildman–Crippen LogP) is 1.91. The fourth-order valence-electron chi connectivity index (χ4n) is 2.98. The average molecular weight is 305 g/mol. The Morgan fingerprint density at radius 3 is 2.64 bits per heavy atom. The molecular weight excluding hydrogens is 282 g/mol. The lowest BCUT2D eigenvalue weighted by atomic mass is 9.71. The van der Waals surface area contributed by atoms with Crippen molar-refractivity contribution in [2.24, 2.45) is 7.05 Å². The molecule has 0 radical (unpaired) electrons. The SMILES string of the molecule is CCOC(=O)c1nn(C)c2c1C(C)(C)CC(=CN(C)C)C2=O. The van der Waals surface area contributed by atoms with Gasteiger partial charge in [-0.25, -0.2) is 4.79 Å². The molecule has 0 spiro atoms. The number of Topliss-reactive ketones (excluding diaryl/α,β-unsaturated/α-hetero) is 1. The molecule has 0 atom stereocenters. The van der Waals surface area contributed by atoms with Crippen molar-refractivity contribution in [1.82, 2.24) is 14.7 Å². The Morgan fingerprint density at radius 1 is 1.45 bits per heavy atom. The van der Waals surface area contributed by atoms with Crippen molar-refractivity contribution >= 4 is 11.8 Å². The number of rotatable bonds is 3. The van der Waals surface area contributed by atoms with E-state index in [-0.39, 0.29) is 23.5 Å². The maximum atomic E-state index is 12.7. The zero-order valence-corrected chi connectivity index (χ0v) is 14.1. The van der Waals surface area contributed by atoms with E-state index in [9.17, 15) is 9.59 Å². The van der Waals surface area contributed by atoms with Crippen molar-refractivity contribution < 1.29 is 14.3 Å². The molecule has 1 heterocycles. The first-order valence-electron chi connectivity index (χ1n) is 7.35. The van der Waals surface area contributed by atoms with Crippen molar-refractivity contribution in [3.8, 4) is 0 Å². The van der Waals surface area contributed by atoms with E-state index in [1.807, 2.05) is 39.0 Å². The third-order valence-corrected chi connectivity index (χ3v) is 3.75. The molecule has 0 unspecified atom stereocenters. The summed E-state index contributed by atoms with van der Waals surface area (Å²) in [5.41, 5.74) is 1.78. The normalized spacial score (nSPS) is 18.3. The topological polar surface area (TPSA) is 64.4 Å². The Labute approximate surface area is 130 Å². The van der Waals surface area contributed by atoms with Crippen LogP contribution in [0.2, 0.25) is 0 Å². The molecular formula is C16H23N3O3. The Morgan fingerprint density at radius 2 is 2.09 bits per heavy atom. The number of ketones is 1. The van der Waals surface area contributed by atoms with E-state index < -0.39 is 5.97 Å². The molecule has 6 nitrogen and oxygen atoms in total. The first-order chi connectivity index (χ1) is 10.2. The van der Waals surface area contributed by atoms with Gasteiger partial charge in [0.15, 0.2) is 5.69 Å². The van der Waals surface area contributed by atoms with E-state index in [2.05, 4.69) is 5.10 Å². The van der Waals surface area contributed by atoms with Crippen LogP contribution in [0.15, 0.2) is 11.8 Å². The molecule has 1 aliphatic carbocycles. The summed E-state index contributed by atoms with van der Waals surface area (Å²) in [6, 6.07) is 0. The van der Waals surface area contributed by atoms with Gasteiger partial charge >= 0.3 is 5.97 Å². The van der Waals surface area contributed by atoms with Gasteiger partial charge in [0.05, 0.1) is 6.61 Å². The standard InChI is InChI=1S/C16H23N3O3/c1-7-22-15(21)12-11-13(19(6)17-12)14(20)10(9-18(4)5)8-16(11,2)3/h9H,7-8H2,1-6H3. The number of fused-ring (bicyclic) bond motifs is 1. The Hall–Kier alpha value is -2.11. The smallest absolute Gasteiger partial charge is 0.359 e. The van der Waals surface area contributed by atoms with E-state index >= 15 is 0 Å². The second-order valence-electron chi connectivity index (χ2n) is 6.42.